The Kier molecular flexibility index (Phi) is 5.28. The number of halogens is 3. The van der Waals surface area contributed by atoms with Crippen molar-refractivity contribution >= 4 is 11.6 Å². The Balaban J connectivity index is 1.48. The summed E-state index contributed by atoms with van der Waals surface area (Å²) in [4.78, 5) is 17.3. The van der Waals surface area contributed by atoms with Crippen molar-refractivity contribution in [3.8, 4) is 0 Å². The van der Waals surface area contributed by atoms with E-state index in [0.717, 1.165) is 37.3 Å². The van der Waals surface area contributed by atoms with Gasteiger partial charge in [-0.05, 0) is 36.6 Å². The topological polar surface area (TPSA) is 23.6 Å². The van der Waals surface area contributed by atoms with Gasteiger partial charge in [0.15, 0.2) is 0 Å². The van der Waals surface area contributed by atoms with E-state index in [-0.39, 0.29) is 5.91 Å². The molecule has 1 amide bonds. The molecule has 0 bridgehead atoms. The predicted octanol–water partition coefficient (Wildman–Crippen LogP) is 4.87. The summed E-state index contributed by atoms with van der Waals surface area (Å²) in [6.07, 6.45) is -0.526. The summed E-state index contributed by atoms with van der Waals surface area (Å²) in [5.41, 5.74) is 0.565. The molecule has 4 rings (SSSR count). The predicted molar refractivity (Wildman–Crippen MR) is 107 cm³/mol. The van der Waals surface area contributed by atoms with E-state index in [1.54, 1.807) is 6.07 Å². The van der Waals surface area contributed by atoms with E-state index in [4.69, 9.17) is 0 Å². The van der Waals surface area contributed by atoms with Gasteiger partial charge in [-0.2, -0.15) is 13.2 Å². The molecule has 2 fully saturated rings. The first-order chi connectivity index (χ1) is 13.9. The van der Waals surface area contributed by atoms with E-state index in [1.165, 1.54) is 12.1 Å². The summed E-state index contributed by atoms with van der Waals surface area (Å²) in [6, 6.07) is 15.4. The molecule has 1 heterocycles. The zero-order chi connectivity index (χ0) is 20.5. The Morgan fingerprint density at radius 1 is 0.862 bits per heavy atom. The van der Waals surface area contributed by atoms with Gasteiger partial charge in [0.1, 0.15) is 0 Å². The molecule has 154 valence electrons. The summed E-state index contributed by atoms with van der Waals surface area (Å²) < 4.78 is 39.0. The second-order valence-corrected chi connectivity index (χ2v) is 7.98. The third kappa shape index (κ3) is 3.85. The van der Waals surface area contributed by atoms with Crippen LogP contribution < -0.4 is 4.90 Å². The van der Waals surface area contributed by atoms with Crippen LogP contribution >= 0.6 is 0 Å². The minimum atomic E-state index is -4.35. The quantitative estimate of drug-likeness (QED) is 0.732. The number of carbonyl (C=O) groups is 1. The van der Waals surface area contributed by atoms with Crippen molar-refractivity contribution in [1.82, 2.24) is 4.90 Å². The number of benzene rings is 2. The first kappa shape index (κ1) is 19.8. The smallest absolute Gasteiger partial charge is 0.368 e. The molecule has 2 aromatic rings. The number of amides is 1. The lowest BCUT2D eigenvalue weighted by molar-refractivity contribution is -0.138. The first-order valence-corrected chi connectivity index (χ1v) is 10.2. The average molecular weight is 402 g/mol. The van der Waals surface area contributed by atoms with E-state index in [2.05, 4.69) is 0 Å². The molecule has 0 spiro atoms. The summed E-state index contributed by atoms with van der Waals surface area (Å²) in [5.74, 6) is 0.171. The van der Waals surface area contributed by atoms with Gasteiger partial charge in [-0.3, -0.25) is 4.79 Å². The minimum Gasteiger partial charge on any atom is -0.368 e. The highest BCUT2D eigenvalue weighted by atomic mass is 19.4. The van der Waals surface area contributed by atoms with Crippen LogP contribution in [-0.2, 0) is 16.4 Å². The standard InChI is InChI=1S/C23H25F3N2O/c24-23(25,26)19-9-6-10-20(17-19)27-13-15-28(16-14-27)21(29)22(11-4-5-12-22)18-7-2-1-3-8-18/h1-3,6-10,17H,4-5,11-16H2. The minimum absolute atomic E-state index is 0.171. The molecule has 0 atom stereocenters. The highest BCUT2D eigenvalue weighted by Gasteiger charge is 2.45. The Morgan fingerprint density at radius 3 is 2.14 bits per heavy atom. The van der Waals surface area contributed by atoms with Crippen LogP contribution in [0.2, 0.25) is 0 Å². The van der Waals surface area contributed by atoms with Crippen LogP contribution in [0.15, 0.2) is 54.6 Å². The van der Waals surface area contributed by atoms with Crippen molar-refractivity contribution < 1.29 is 18.0 Å². The fraction of sp³-hybridized carbons (Fsp3) is 0.435. The van der Waals surface area contributed by atoms with Crippen LogP contribution in [0.25, 0.3) is 0 Å². The van der Waals surface area contributed by atoms with Crippen molar-refractivity contribution in [3.63, 3.8) is 0 Å². The van der Waals surface area contributed by atoms with Gasteiger partial charge in [-0.15, -0.1) is 0 Å². The molecule has 1 aliphatic heterocycles. The van der Waals surface area contributed by atoms with Crippen molar-refractivity contribution in [2.75, 3.05) is 31.1 Å². The van der Waals surface area contributed by atoms with Crippen LogP contribution in [0.5, 0.6) is 0 Å². The fourth-order valence-corrected chi connectivity index (χ4v) is 4.71. The second-order valence-electron chi connectivity index (χ2n) is 7.98. The number of nitrogens with zero attached hydrogens (tertiary/aromatic N) is 2. The van der Waals surface area contributed by atoms with E-state index in [0.29, 0.717) is 31.9 Å². The normalized spacial score (nSPS) is 19.4. The van der Waals surface area contributed by atoms with Crippen molar-refractivity contribution in [2.24, 2.45) is 0 Å². The zero-order valence-electron chi connectivity index (χ0n) is 16.3. The Labute approximate surface area is 169 Å². The number of anilines is 1. The van der Waals surface area contributed by atoms with Gasteiger partial charge in [0.05, 0.1) is 11.0 Å². The molecule has 0 aromatic heterocycles. The number of rotatable bonds is 3. The van der Waals surface area contributed by atoms with E-state index < -0.39 is 17.2 Å². The number of carbonyl (C=O) groups excluding carboxylic acids is 1. The maximum absolute atomic E-state index is 13.5. The summed E-state index contributed by atoms with van der Waals surface area (Å²) in [7, 11) is 0. The van der Waals surface area contributed by atoms with E-state index in [1.807, 2.05) is 40.1 Å². The van der Waals surface area contributed by atoms with Crippen LogP contribution in [0.1, 0.15) is 36.8 Å². The third-order valence-corrected chi connectivity index (χ3v) is 6.30. The fourth-order valence-electron chi connectivity index (χ4n) is 4.71. The number of hydrogen-bond donors (Lipinski definition) is 0. The van der Waals surface area contributed by atoms with E-state index in [9.17, 15) is 18.0 Å². The van der Waals surface area contributed by atoms with Gasteiger partial charge in [-0.25, -0.2) is 0 Å². The van der Waals surface area contributed by atoms with Gasteiger partial charge in [0.2, 0.25) is 5.91 Å². The van der Waals surface area contributed by atoms with Gasteiger partial charge in [0, 0.05) is 31.9 Å². The number of hydrogen-bond acceptors (Lipinski definition) is 2. The lowest BCUT2D eigenvalue weighted by atomic mass is 9.77. The van der Waals surface area contributed by atoms with Gasteiger partial charge in [-0.1, -0.05) is 49.2 Å². The van der Waals surface area contributed by atoms with Gasteiger partial charge in [0.25, 0.3) is 0 Å². The van der Waals surface area contributed by atoms with Crippen molar-refractivity contribution in [2.45, 2.75) is 37.3 Å². The molecule has 6 heteroatoms. The summed E-state index contributed by atoms with van der Waals surface area (Å²) in [5, 5.41) is 0. The highest BCUT2D eigenvalue weighted by Crippen LogP contribution is 2.43. The van der Waals surface area contributed by atoms with Gasteiger partial charge >= 0.3 is 6.18 Å². The maximum Gasteiger partial charge on any atom is 0.416 e. The molecule has 0 unspecified atom stereocenters. The lowest BCUT2D eigenvalue weighted by Crippen LogP contribution is -2.54. The Morgan fingerprint density at radius 2 is 1.52 bits per heavy atom. The van der Waals surface area contributed by atoms with Crippen LogP contribution in [-0.4, -0.2) is 37.0 Å². The molecule has 29 heavy (non-hydrogen) atoms. The van der Waals surface area contributed by atoms with Gasteiger partial charge < -0.3 is 9.80 Å². The molecule has 0 N–H and O–H groups in total. The summed E-state index contributed by atoms with van der Waals surface area (Å²) >= 11 is 0. The largest absolute Gasteiger partial charge is 0.416 e. The summed E-state index contributed by atoms with van der Waals surface area (Å²) in [6.45, 7) is 2.14. The Hall–Kier alpha value is -2.50. The number of piperazine rings is 1. The monoisotopic (exact) mass is 402 g/mol. The van der Waals surface area contributed by atoms with Crippen LogP contribution in [0.3, 0.4) is 0 Å². The van der Waals surface area contributed by atoms with Crippen molar-refractivity contribution in [3.05, 3.63) is 65.7 Å². The van der Waals surface area contributed by atoms with E-state index >= 15 is 0 Å². The molecule has 1 aliphatic carbocycles. The van der Waals surface area contributed by atoms with Crippen molar-refractivity contribution in [1.29, 1.82) is 0 Å². The molecule has 2 aliphatic rings. The highest BCUT2D eigenvalue weighted by molar-refractivity contribution is 5.89. The molecule has 0 radical (unpaired) electrons. The molecular weight excluding hydrogens is 377 g/mol. The molecule has 3 nitrogen and oxygen atoms in total. The number of alkyl halides is 3. The maximum atomic E-state index is 13.5. The molecule has 1 saturated carbocycles. The SMILES string of the molecule is O=C(N1CCN(c2cccc(C(F)(F)F)c2)CC1)C1(c2ccccc2)CCCC1. The third-order valence-electron chi connectivity index (χ3n) is 6.30. The molecular formula is C23H25F3N2O. The van der Waals surface area contributed by atoms with Crippen LogP contribution in [0, 0.1) is 0 Å². The molecule has 2 aromatic carbocycles. The van der Waals surface area contributed by atoms with Crippen LogP contribution in [0.4, 0.5) is 18.9 Å². The molecule has 1 saturated heterocycles. The zero-order valence-corrected chi connectivity index (χ0v) is 16.3. The lowest BCUT2D eigenvalue weighted by Gasteiger charge is -2.41. The average Bonchev–Trinajstić information content (AvgIpc) is 3.25. The second kappa shape index (κ2) is 7.73. The first-order valence-electron chi connectivity index (χ1n) is 10.2. The Bertz CT molecular complexity index is 852.